The Balaban J connectivity index is 1.92. The molecule has 9 heteroatoms. The highest BCUT2D eigenvalue weighted by molar-refractivity contribution is 7.91. The SMILES string of the molecule is Cc1c(CC(=O)N[C@]2(C)CCS(=O)(=O)C2)c(=O)oc2cc(O)cc(O)c12. The molecule has 3 N–H and O–H groups in total. The maximum absolute atomic E-state index is 12.4. The van der Waals surface area contributed by atoms with Crippen molar-refractivity contribution in [1.82, 2.24) is 5.32 Å². The van der Waals surface area contributed by atoms with Crippen LogP contribution in [0.4, 0.5) is 0 Å². The molecule has 2 aromatic rings. The van der Waals surface area contributed by atoms with E-state index in [4.69, 9.17) is 4.42 Å². The van der Waals surface area contributed by atoms with Gasteiger partial charge >= 0.3 is 5.63 Å². The third-order valence-electron chi connectivity index (χ3n) is 4.62. The number of carbonyl (C=O) groups is 1. The molecule has 2 heterocycles. The Morgan fingerprint density at radius 3 is 2.65 bits per heavy atom. The Bertz CT molecular complexity index is 1070. The Kier molecular flexibility index (Phi) is 4.22. The van der Waals surface area contributed by atoms with Gasteiger partial charge in [-0.3, -0.25) is 4.79 Å². The van der Waals surface area contributed by atoms with Gasteiger partial charge in [-0.2, -0.15) is 0 Å². The summed E-state index contributed by atoms with van der Waals surface area (Å²) in [5, 5.41) is 22.4. The van der Waals surface area contributed by atoms with E-state index >= 15 is 0 Å². The van der Waals surface area contributed by atoms with E-state index in [1.54, 1.807) is 13.8 Å². The maximum Gasteiger partial charge on any atom is 0.340 e. The first kappa shape index (κ1) is 18.2. The summed E-state index contributed by atoms with van der Waals surface area (Å²) in [4.78, 5) is 24.6. The molecule has 8 nitrogen and oxygen atoms in total. The number of aryl methyl sites for hydroxylation is 1. The van der Waals surface area contributed by atoms with Gasteiger partial charge in [-0.15, -0.1) is 0 Å². The van der Waals surface area contributed by atoms with Crippen molar-refractivity contribution < 1.29 is 27.8 Å². The van der Waals surface area contributed by atoms with Crippen LogP contribution in [-0.2, 0) is 21.1 Å². The highest BCUT2D eigenvalue weighted by atomic mass is 32.2. The zero-order valence-corrected chi connectivity index (χ0v) is 15.1. The average molecular weight is 381 g/mol. The number of benzene rings is 1. The number of sulfone groups is 1. The number of phenolic OH excluding ortho intramolecular Hbond substituents is 2. The normalized spacial score (nSPS) is 21.8. The number of carbonyl (C=O) groups excluding carboxylic acids is 1. The zero-order valence-electron chi connectivity index (χ0n) is 14.3. The molecule has 0 aliphatic carbocycles. The van der Waals surface area contributed by atoms with Crippen molar-refractivity contribution in [1.29, 1.82) is 0 Å². The Morgan fingerprint density at radius 1 is 1.35 bits per heavy atom. The van der Waals surface area contributed by atoms with Crippen molar-refractivity contribution in [3.8, 4) is 11.5 Å². The summed E-state index contributed by atoms with van der Waals surface area (Å²) in [7, 11) is -3.18. The van der Waals surface area contributed by atoms with Crippen LogP contribution in [0.15, 0.2) is 21.3 Å². The van der Waals surface area contributed by atoms with Gasteiger partial charge in [0.25, 0.3) is 0 Å². The smallest absolute Gasteiger partial charge is 0.340 e. The Hall–Kier alpha value is -2.55. The molecule has 1 atom stereocenters. The number of phenols is 2. The monoisotopic (exact) mass is 381 g/mol. The molecule has 1 fully saturated rings. The predicted octanol–water partition coefficient (Wildman–Crippen LogP) is 0.749. The van der Waals surface area contributed by atoms with Crippen LogP contribution in [-0.4, -0.2) is 41.6 Å². The summed E-state index contributed by atoms with van der Waals surface area (Å²) in [5.41, 5.74) is -1.16. The maximum atomic E-state index is 12.4. The highest BCUT2D eigenvalue weighted by Gasteiger charge is 2.39. The van der Waals surface area contributed by atoms with E-state index in [1.807, 2.05) is 0 Å². The fourth-order valence-corrected chi connectivity index (χ4v) is 5.46. The minimum Gasteiger partial charge on any atom is -0.508 e. The molecular weight excluding hydrogens is 362 g/mol. The number of fused-ring (bicyclic) bond motifs is 1. The second-order valence-corrected chi connectivity index (χ2v) is 9.14. The highest BCUT2D eigenvalue weighted by Crippen LogP contribution is 2.32. The largest absolute Gasteiger partial charge is 0.508 e. The minimum absolute atomic E-state index is 0.0122. The van der Waals surface area contributed by atoms with Crippen LogP contribution < -0.4 is 10.9 Å². The van der Waals surface area contributed by atoms with E-state index in [0.717, 1.165) is 6.07 Å². The second-order valence-electron chi connectivity index (χ2n) is 6.96. The summed E-state index contributed by atoms with van der Waals surface area (Å²) >= 11 is 0. The van der Waals surface area contributed by atoms with Crippen LogP contribution in [0.1, 0.15) is 24.5 Å². The van der Waals surface area contributed by atoms with E-state index in [9.17, 15) is 28.2 Å². The molecule has 26 heavy (non-hydrogen) atoms. The number of hydrogen-bond donors (Lipinski definition) is 3. The summed E-state index contributed by atoms with van der Waals surface area (Å²) in [5.74, 6) is -1.15. The van der Waals surface area contributed by atoms with Gasteiger partial charge in [0.05, 0.1) is 34.4 Å². The lowest BCUT2D eigenvalue weighted by molar-refractivity contribution is -0.122. The first-order valence-corrected chi connectivity index (χ1v) is 9.81. The number of amides is 1. The van der Waals surface area contributed by atoms with E-state index in [2.05, 4.69) is 5.32 Å². The van der Waals surface area contributed by atoms with Crippen molar-refractivity contribution in [2.24, 2.45) is 0 Å². The predicted molar refractivity (Wildman–Crippen MR) is 94.1 cm³/mol. The van der Waals surface area contributed by atoms with Crippen LogP contribution in [0.25, 0.3) is 11.0 Å². The first-order chi connectivity index (χ1) is 12.0. The molecule has 0 bridgehead atoms. The summed E-state index contributed by atoms with van der Waals surface area (Å²) in [6.45, 7) is 3.22. The second kappa shape index (κ2) is 6.01. The Morgan fingerprint density at radius 2 is 2.04 bits per heavy atom. The minimum atomic E-state index is -3.18. The van der Waals surface area contributed by atoms with Crippen LogP contribution in [0.2, 0.25) is 0 Å². The van der Waals surface area contributed by atoms with E-state index < -0.39 is 26.9 Å². The van der Waals surface area contributed by atoms with Crippen molar-refractivity contribution in [2.75, 3.05) is 11.5 Å². The van der Waals surface area contributed by atoms with Gasteiger partial charge in [-0.05, 0) is 25.8 Å². The molecule has 0 spiro atoms. The molecule has 0 saturated carbocycles. The van der Waals surface area contributed by atoms with Crippen molar-refractivity contribution in [3.63, 3.8) is 0 Å². The lowest BCUT2D eigenvalue weighted by Crippen LogP contribution is -2.47. The molecule has 1 saturated heterocycles. The molecule has 3 rings (SSSR count). The third kappa shape index (κ3) is 3.39. The fraction of sp³-hybridized carbons (Fsp3) is 0.412. The number of hydrogen-bond acceptors (Lipinski definition) is 7. The van der Waals surface area contributed by atoms with Gasteiger partial charge in [-0.25, -0.2) is 13.2 Å². The summed E-state index contributed by atoms with van der Waals surface area (Å²) in [6.07, 6.45) is 0.00646. The van der Waals surface area contributed by atoms with Crippen LogP contribution in [0.5, 0.6) is 11.5 Å². The molecular formula is C17H19NO7S. The van der Waals surface area contributed by atoms with E-state index in [-0.39, 0.29) is 46.0 Å². The van der Waals surface area contributed by atoms with Gasteiger partial charge in [0, 0.05) is 12.1 Å². The summed E-state index contributed by atoms with van der Waals surface area (Å²) in [6, 6.07) is 2.32. The van der Waals surface area contributed by atoms with Crippen molar-refractivity contribution in [3.05, 3.63) is 33.7 Å². The molecule has 0 unspecified atom stereocenters. The molecule has 1 aliphatic rings. The third-order valence-corrected chi connectivity index (χ3v) is 6.53. The van der Waals surface area contributed by atoms with Gasteiger partial charge in [0.15, 0.2) is 9.84 Å². The topological polar surface area (TPSA) is 134 Å². The number of rotatable bonds is 3. The van der Waals surface area contributed by atoms with Gasteiger partial charge in [0.1, 0.15) is 17.1 Å². The van der Waals surface area contributed by atoms with Crippen LogP contribution >= 0.6 is 0 Å². The van der Waals surface area contributed by atoms with Gasteiger partial charge in [-0.1, -0.05) is 0 Å². The van der Waals surface area contributed by atoms with E-state index in [0.29, 0.717) is 12.0 Å². The van der Waals surface area contributed by atoms with Crippen molar-refractivity contribution >= 4 is 26.7 Å². The first-order valence-electron chi connectivity index (χ1n) is 7.99. The molecule has 1 amide bonds. The zero-order chi connectivity index (χ0) is 19.3. The molecule has 0 radical (unpaired) electrons. The lowest BCUT2D eigenvalue weighted by Gasteiger charge is -2.24. The van der Waals surface area contributed by atoms with Crippen LogP contribution in [0.3, 0.4) is 0 Å². The standard InChI is InChI=1S/C17H19NO7S/c1-9-11(7-14(21)18-17(2)3-4-26(23,24)8-17)16(22)25-13-6-10(19)5-12(20)15(9)13/h5-6,19-20H,3-4,7-8H2,1-2H3,(H,18,21)/t17-/m1/s1. The molecule has 140 valence electrons. The van der Waals surface area contributed by atoms with Gasteiger partial charge in [0.2, 0.25) is 5.91 Å². The number of aromatic hydroxyl groups is 2. The summed E-state index contributed by atoms with van der Waals surface area (Å²) < 4.78 is 28.4. The number of nitrogens with one attached hydrogen (secondary N) is 1. The molecule has 1 aromatic carbocycles. The van der Waals surface area contributed by atoms with Crippen molar-refractivity contribution in [2.45, 2.75) is 32.2 Å². The van der Waals surface area contributed by atoms with Crippen LogP contribution in [0, 0.1) is 6.92 Å². The average Bonchev–Trinajstić information content (AvgIpc) is 2.75. The molecule has 1 aliphatic heterocycles. The van der Waals surface area contributed by atoms with Gasteiger partial charge < -0.3 is 19.9 Å². The Labute approximate surface area is 149 Å². The fourth-order valence-electron chi connectivity index (χ4n) is 3.36. The quantitative estimate of drug-likeness (QED) is 0.668. The molecule has 1 aromatic heterocycles. The lowest BCUT2D eigenvalue weighted by atomic mass is 9.99. The van der Waals surface area contributed by atoms with E-state index in [1.165, 1.54) is 6.07 Å².